The summed E-state index contributed by atoms with van der Waals surface area (Å²) >= 11 is 0. The molecule has 0 aromatic heterocycles. The van der Waals surface area contributed by atoms with Crippen LogP contribution in [0.3, 0.4) is 0 Å². The molecule has 0 radical (unpaired) electrons. The maximum Gasteiger partial charge on any atom is 0.119 e. The van der Waals surface area contributed by atoms with Crippen LogP contribution in [-0.2, 0) is 4.74 Å². The van der Waals surface area contributed by atoms with Crippen molar-refractivity contribution in [3.05, 3.63) is 24.3 Å². The van der Waals surface area contributed by atoms with E-state index in [1.165, 1.54) is 18.5 Å². The Morgan fingerprint density at radius 3 is 2.33 bits per heavy atom. The molecule has 100 valence electrons. The van der Waals surface area contributed by atoms with Crippen molar-refractivity contribution in [1.29, 1.82) is 0 Å². The van der Waals surface area contributed by atoms with E-state index in [9.17, 15) is 0 Å². The van der Waals surface area contributed by atoms with E-state index in [-0.39, 0.29) is 0 Å². The highest BCUT2D eigenvalue weighted by molar-refractivity contribution is 5.47. The van der Waals surface area contributed by atoms with Gasteiger partial charge in [-0.05, 0) is 56.9 Å². The van der Waals surface area contributed by atoms with Crippen molar-refractivity contribution >= 4 is 5.69 Å². The predicted octanol–water partition coefficient (Wildman–Crippen LogP) is 3.45. The van der Waals surface area contributed by atoms with Gasteiger partial charge < -0.3 is 14.8 Å². The summed E-state index contributed by atoms with van der Waals surface area (Å²) in [4.78, 5) is 0. The number of rotatable bonds is 5. The van der Waals surface area contributed by atoms with Crippen LogP contribution in [0.1, 0.15) is 32.6 Å². The number of hydrogen-bond acceptors (Lipinski definition) is 3. The van der Waals surface area contributed by atoms with E-state index in [2.05, 4.69) is 17.4 Å². The summed E-state index contributed by atoms with van der Waals surface area (Å²) in [6, 6.07) is 8.80. The largest absolute Gasteiger partial charge is 0.494 e. The SMILES string of the molecule is CCOc1ccc(NC2CCC(OC)CC2)cc1. The van der Waals surface area contributed by atoms with Gasteiger partial charge in [0.15, 0.2) is 0 Å². The Kier molecular flexibility index (Phi) is 4.88. The molecule has 0 aliphatic heterocycles. The Morgan fingerprint density at radius 2 is 1.78 bits per heavy atom. The fraction of sp³-hybridized carbons (Fsp3) is 0.600. The highest BCUT2D eigenvalue weighted by atomic mass is 16.5. The van der Waals surface area contributed by atoms with Gasteiger partial charge in [-0.2, -0.15) is 0 Å². The third-order valence-electron chi connectivity index (χ3n) is 3.54. The Labute approximate surface area is 109 Å². The zero-order valence-electron chi connectivity index (χ0n) is 11.3. The van der Waals surface area contributed by atoms with Crippen LogP contribution >= 0.6 is 0 Å². The maximum absolute atomic E-state index is 5.44. The quantitative estimate of drug-likeness (QED) is 0.867. The summed E-state index contributed by atoms with van der Waals surface area (Å²) in [6.45, 7) is 2.72. The van der Waals surface area contributed by atoms with E-state index < -0.39 is 0 Å². The molecule has 3 nitrogen and oxygen atoms in total. The van der Waals surface area contributed by atoms with Crippen LogP contribution in [-0.4, -0.2) is 25.9 Å². The first-order valence-electron chi connectivity index (χ1n) is 6.84. The highest BCUT2D eigenvalue weighted by Crippen LogP contribution is 2.24. The molecule has 1 fully saturated rings. The lowest BCUT2D eigenvalue weighted by molar-refractivity contribution is 0.0682. The van der Waals surface area contributed by atoms with Crippen LogP contribution in [0.25, 0.3) is 0 Å². The minimum Gasteiger partial charge on any atom is -0.494 e. The maximum atomic E-state index is 5.44. The average Bonchev–Trinajstić information content (AvgIpc) is 2.42. The summed E-state index contributed by atoms with van der Waals surface area (Å²) in [5.41, 5.74) is 1.18. The smallest absolute Gasteiger partial charge is 0.119 e. The molecule has 0 amide bonds. The summed E-state index contributed by atoms with van der Waals surface area (Å²) in [7, 11) is 1.81. The molecule has 0 atom stereocenters. The minimum absolute atomic E-state index is 0.461. The third kappa shape index (κ3) is 3.64. The molecule has 0 unspecified atom stereocenters. The average molecular weight is 249 g/mol. The zero-order chi connectivity index (χ0) is 12.8. The summed E-state index contributed by atoms with van der Waals surface area (Å²) in [5.74, 6) is 0.936. The van der Waals surface area contributed by atoms with Crippen molar-refractivity contribution < 1.29 is 9.47 Å². The normalized spacial score (nSPS) is 23.7. The zero-order valence-corrected chi connectivity index (χ0v) is 11.3. The van der Waals surface area contributed by atoms with Crippen LogP contribution in [0.4, 0.5) is 5.69 Å². The van der Waals surface area contributed by atoms with E-state index in [1.807, 2.05) is 26.2 Å². The predicted molar refractivity (Wildman–Crippen MR) is 74.3 cm³/mol. The van der Waals surface area contributed by atoms with E-state index >= 15 is 0 Å². The van der Waals surface area contributed by atoms with Crippen LogP contribution in [0, 0.1) is 0 Å². The van der Waals surface area contributed by atoms with E-state index in [0.29, 0.717) is 18.8 Å². The first-order chi connectivity index (χ1) is 8.81. The van der Waals surface area contributed by atoms with Crippen molar-refractivity contribution in [1.82, 2.24) is 0 Å². The van der Waals surface area contributed by atoms with Crippen LogP contribution in [0.2, 0.25) is 0 Å². The van der Waals surface area contributed by atoms with Crippen molar-refractivity contribution in [2.45, 2.75) is 44.8 Å². The minimum atomic E-state index is 0.461. The van der Waals surface area contributed by atoms with E-state index in [1.54, 1.807) is 0 Å². The van der Waals surface area contributed by atoms with E-state index in [4.69, 9.17) is 9.47 Å². The summed E-state index contributed by atoms with van der Waals surface area (Å²) in [6.07, 6.45) is 5.15. The molecule has 0 saturated heterocycles. The molecule has 3 heteroatoms. The van der Waals surface area contributed by atoms with Gasteiger partial charge in [0.1, 0.15) is 5.75 Å². The molecule has 1 saturated carbocycles. The lowest BCUT2D eigenvalue weighted by Crippen LogP contribution is -2.29. The Bertz CT molecular complexity index is 342. The van der Waals surface area contributed by atoms with Crippen molar-refractivity contribution in [2.75, 3.05) is 19.0 Å². The summed E-state index contributed by atoms with van der Waals surface area (Å²) in [5, 5.41) is 3.58. The van der Waals surface area contributed by atoms with Gasteiger partial charge >= 0.3 is 0 Å². The number of anilines is 1. The fourth-order valence-electron chi connectivity index (χ4n) is 2.49. The second-order valence-electron chi connectivity index (χ2n) is 4.81. The van der Waals surface area contributed by atoms with Gasteiger partial charge in [0.05, 0.1) is 12.7 Å². The number of hydrogen-bond donors (Lipinski definition) is 1. The van der Waals surface area contributed by atoms with Crippen molar-refractivity contribution in [3.63, 3.8) is 0 Å². The molecule has 1 aromatic rings. The molecule has 2 rings (SSSR count). The number of ether oxygens (including phenoxy) is 2. The van der Waals surface area contributed by atoms with Gasteiger partial charge in [0, 0.05) is 18.8 Å². The summed E-state index contributed by atoms with van der Waals surface area (Å²) < 4.78 is 10.8. The molecule has 1 N–H and O–H groups in total. The van der Waals surface area contributed by atoms with Gasteiger partial charge in [0.25, 0.3) is 0 Å². The molecule has 1 aliphatic rings. The Hall–Kier alpha value is -1.22. The van der Waals surface area contributed by atoms with Crippen LogP contribution < -0.4 is 10.1 Å². The topological polar surface area (TPSA) is 30.5 Å². The third-order valence-corrected chi connectivity index (χ3v) is 3.54. The van der Waals surface area contributed by atoms with Crippen molar-refractivity contribution in [3.8, 4) is 5.75 Å². The fourth-order valence-corrected chi connectivity index (χ4v) is 2.49. The van der Waals surface area contributed by atoms with Crippen molar-refractivity contribution in [2.24, 2.45) is 0 Å². The van der Waals surface area contributed by atoms with Crippen LogP contribution in [0.15, 0.2) is 24.3 Å². The second kappa shape index (κ2) is 6.64. The molecule has 0 spiro atoms. The first kappa shape index (κ1) is 13.2. The monoisotopic (exact) mass is 249 g/mol. The number of nitrogens with one attached hydrogen (secondary N) is 1. The molecule has 1 aliphatic carbocycles. The Morgan fingerprint density at radius 1 is 1.11 bits per heavy atom. The molecular weight excluding hydrogens is 226 g/mol. The van der Waals surface area contributed by atoms with Gasteiger partial charge in [-0.3, -0.25) is 0 Å². The number of benzene rings is 1. The van der Waals surface area contributed by atoms with Gasteiger partial charge in [-0.25, -0.2) is 0 Å². The molecule has 0 heterocycles. The lowest BCUT2D eigenvalue weighted by atomic mass is 9.93. The lowest BCUT2D eigenvalue weighted by Gasteiger charge is -2.28. The first-order valence-corrected chi connectivity index (χ1v) is 6.84. The standard InChI is InChI=1S/C15H23NO2/c1-3-18-15-10-6-13(7-11-15)16-12-4-8-14(17-2)9-5-12/h6-7,10-12,14,16H,3-5,8-9H2,1-2H3. The molecular formula is C15H23NO2. The van der Waals surface area contributed by atoms with Crippen LogP contribution in [0.5, 0.6) is 5.75 Å². The molecule has 1 aromatic carbocycles. The second-order valence-corrected chi connectivity index (χ2v) is 4.81. The number of methoxy groups -OCH3 is 1. The molecule has 0 bridgehead atoms. The Balaban J connectivity index is 1.82. The molecule has 18 heavy (non-hydrogen) atoms. The van der Waals surface area contributed by atoms with Gasteiger partial charge in [0.2, 0.25) is 0 Å². The van der Waals surface area contributed by atoms with E-state index in [0.717, 1.165) is 18.6 Å². The highest BCUT2D eigenvalue weighted by Gasteiger charge is 2.20. The van der Waals surface area contributed by atoms with Gasteiger partial charge in [-0.1, -0.05) is 0 Å². The van der Waals surface area contributed by atoms with Gasteiger partial charge in [-0.15, -0.1) is 0 Å².